The van der Waals surface area contributed by atoms with Gasteiger partial charge in [0.1, 0.15) is 0 Å². The van der Waals surface area contributed by atoms with E-state index in [9.17, 15) is 0 Å². The van der Waals surface area contributed by atoms with Crippen LogP contribution >= 0.6 is 0 Å². The number of fused-ring (bicyclic) bond motifs is 1. The molecule has 2 heterocycles. The normalized spacial score (nSPS) is 15.4. The van der Waals surface area contributed by atoms with Crippen LogP contribution in [0.1, 0.15) is 19.3 Å². The largest absolute Gasteiger partial charge is 0.352 e. The minimum atomic E-state index is 0.596. The van der Waals surface area contributed by atoms with Crippen LogP contribution in [-0.2, 0) is 0 Å². The average molecular weight is 233 g/mol. The molecule has 2 aromatic heterocycles. The van der Waals surface area contributed by atoms with E-state index in [4.69, 9.17) is 5.73 Å². The monoisotopic (exact) mass is 233 g/mol. The van der Waals surface area contributed by atoms with E-state index in [1.165, 1.54) is 12.8 Å². The fourth-order valence-corrected chi connectivity index (χ4v) is 1.99. The third-order valence-corrected chi connectivity index (χ3v) is 2.98. The molecule has 3 rings (SSSR count). The van der Waals surface area contributed by atoms with Crippen molar-refractivity contribution in [2.24, 2.45) is 5.73 Å². The smallest absolute Gasteiger partial charge is 0.199 e. The van der Waals surface area contributed by atoms with Crippen LogP contribution in [0.5, 0.6) is 0 Å². The van der Waals surface area contributed by atoms with E-state index < -0.39 is 0 Å². The van der Waals surface area contributed by atoms with Crippen LogP contribution < -0.4 is 10.6 Å². The highest BCUT2D eigenvalue weighted by Crippen LogP contribution is 2.31. The molecule has 0 saturated heterocycles. The maximum absolute atomic E-state index is 5.58. The van der Waals surface area contributed by atoms with Crippen molar-refractivity contribution >= 4 is 11.5 Å². The minimum Gasteiger partial charge on any atom is -0.352 e. The predicted molar refractivity (Wildman–Crippen MR) is 62.6 cm³/mol. The van der Waals surface area contributed by atoms with Crippen LogP contribution in [0.4, 0.5) is 5.82 Å². The van der Waals surface area contributed by atoms with E-state index >= 15 is 0 Å². The fraction of sp³-hybridized carbons (Fsp3) is 0.600. The van der Waals surface area contributed by atoms with Gasteiger partial charge in [0, 0.05) is 12.6 Å². The van der Waals surface area contributed by atoms with Gasteiger partial charge in [-0.1, -0.05) is 0 Å². The summed E-state index contributed by atoms with van der Waals surface area (Å²) in [6.07, 6.45) is 6.90. The van der Waals surface area contributed by atoms with Crippen molar-refractivity contribution in [3.63, 3.8) is 0 Å². The molecular weight excluding hydrogens is 218 g/mol. The van der Waals surface area contributed by atoms with Crippen molar-refractivity contribution in [2.45, 2.75) is 25.3 Å². The SMILES string of the molecule is NCCCN(c1cncc2nnnn12)C1CC1. The summed E-state index contributed by atoms with van der Waals surface area (Å²) in [5.41, 5.74) is 6.26. The zero-order valence-electron chi connectivity index (χ0n) is 9.53. The molecular formula is C10H15N7. The number of aromatic nitrogens is 5. The Morgan fingerprint density at radius 3 is 3.06 bits per heavy atom. The Kier molecular flexibility index (Phi) is 2.60. The van der Waals surface area contributed by atoms with E-state index in [1.54, 1.807) is 10.7 Å². The zero-order chi connectivity index (χ0) is 11.7. The molecule has 1 aliphatic carbocycles. The highest BCUT2D eigenvalue weighted by molar-refractivity contribution is 5.47. The molecule has 0 aromatic carbocycles. The molecule has 1 saturated carbocycles. The van der Waals surface area contributed by atoms with Crippen LogP contribution in [0.15, 0.2) is 12.4 Å². The van der Waals surface area contributed by atoms with Gasteiger partial charge in [-0.2, -0.15) is 4.52 Å². The lowest BCUT2D eigenvalue weighted by Crippen LogP contribution is -2.30. The average Bonchev–Trinajstić information content (AvgIpc) is 3.07. The van der Waals surface area contributed by atoms with E-state index in [1.807, 2.05) is 6.20 Å². The van der Waals surface area contributed by atoms with Gasteiger partial charge in [-0.3, -0.25) is 4.98 Å². The molecule has 1 fully saturated rings. The first kappa shape index (κ1) is 10.4. The number of hydrogen-bond acceptors (Lipinski definition) is 6. The molecule has 90 valence electrons. The molecule has 0 amide bonds. The van der Waals surface area contributed by atoms with E-state index in [2.05, 4.69) is 25.4 Å². The fourth-order valence-electron chi connectivity index (χ4n) is 1.99. The van der Waals surface area contributed by atoms with Crippen LogP contribution in [-0.4, -0.2) is 44.2 Å². The van der Waals surface area contributed by atoms with Crippen LogP contribution in [0, 0.1) is 0 Å². The minimum absolute atomic E-state index is 0.596. The van der Waals surface area contributed by atoms with Gasteiger partial charge >= 0.3 is 0 Å². The van der Waals surface area contributed by atoms with Crippen molar-refractivity contribution in [1.29, 1.82) is 0 Å². The lowest BCUT2D eigenvalue weighted by atomic mass is 10.3. The standard InChI is InChI=1S/C10H15N7/c11-4-1-5-16(8-2-3-8)10-7-12-6-9-13-14-15-17(9)10/h6-8H,1-5,11H2. The van der Waals surface area contributed by atoms with Crippen molar-refractivity contribution in [1.82, 2.24) is 25.0 Å². The Bertz CT molecular complexity index is 504. The van der Waals surface area contributed by atoms with Gasteiger partial charge < -0.3 is 10.6 Å². The maximum atomic E-state index is 5.58. The molecule has 0 bridgehead atoms. The van der Waals surface area contributed by atoms with E-state index in [0.29, 0.717) is 18.2 Å². The molecule has 2 N–H and O–H groups in total. The van der Waals surface area contributed by atoms with Gasteiger partial charge in [-0.15, -0.1) is 5.10 Å². The summed E-state index contributed by atoms with van der Waals surface area (Å²) in [6.45, 7) is 1.63. The summed E-state index contributed by atoms with van der Waals surface area (Å²) in [6, 6.07) is 0.596. The molecule has 2 aromatic rings. The number of tetrazole rings is 1. The van der Waals surface area contributed by atoms with Gasteiger partial charge in [0.15, 0.2) is 11.5 Å². The van der Waals surface area contributed by atoms with Gasteiger partial charge in [0.25, 0.3) is 0 Å². The zero-order valence-corrected chi connectivity index (χ0v) is 9.53. The molecule has 1 aliphatic rings. The lowest BCUT2D eigenvalue weighted by Gasteiger charge is -2.23. The third kappa shape index (κ3) is 1.93. The summed E-state index contributed by atoms with van der Waals surface area (Å²) in [5.74, 6) is 0.962. The number of anilines is 1. The molecule has 7 nitrogen and oxygen atoms in total. The highest BCUT2D eigenvalue weighted by Gasteiger charge is 2.30. The van der Waals surface area contributed by atoms with Crippen molar-refractivity contribution < 1.29 is 0 Å². The Hall–Kier alpha value is -1.76. The first-order valence-electron chi connectivity index (χ1n) is 5.89. The first-order valence-corrected chi connectivity index (χ1v) is 5.89. The van der Waals surface area contributed by atoms with Gasteiger partial charge in [-0.25, -0.2) is 0 Å². The van der Waals surface area contributed by atoms with Crippen molar-refractivity contribution in [3.8, 4) is 0 Å². The summed E-state index contributed by atoms with van der Waals surface area (Å²) >= 11 is 0. The summed E-state index contributed by atoms with van der Waals surface area (Å²) in [5, 5.41) is 11.6. The second kappa shape index (κ2) is 4.25. The number of rotatable bonds is 5. The third-order valence-electron chi connectivity index (χ3n) is 2.98. The van der Waals surface area contributed by atoms with Gasteiger partial charge in [0.2, 0.25) is 0 Å². The topological polar surface area (TPSA) is 85.2 Å². The second-order valence-corrected chi connectivity index (χ2v) is 4.28. The Morgan fingerprint density at radius 2 is 2.29 bits per heavy atom. The van der Waals surface area contributed by atoms with Gasteiger partial charge in [-0.05, 0) is 36.2 Å². The maximum Gasteiger partial charge on any atom is 0.199 e. The van der Waals surface area contributed by atoms with E-state index in [-0.39, 0.29) is 0 Å². The quantitative estimate of drug-likeness (QED) is 0.772. The number of nitrogens with two attached hydrogens (primary N) is 1. The highest BCUT2D eigenvalue weighted by atomic mass is 15.5. The number of nitrogens with zero attached hydrogens (tertiary/aromatic N) is 6. The first-order chi connectivity index (χ1) is 8.40. The predicted octanol–water partition coefficient (Wildman–Crippen LogP) is -0.163. The van der Waals surface area contributed by atoms with Crippen LogP contribution in [0.2, 0.25) is 0 Å². The van der Waals surface area contributed by atoms with Crippen molar-refractivity contribution in [2.75, 3.05) is 18.0 Å². The molecule has 7 heteroatoms. The second-order valence-electron chi connectivity index (χ2n) is 4.28. The molecule has 0 spiro atoms. The van der Waals surface area contributed by atoms with Gasteiger partial charge in [0.05, 0.1) is 12.4 Å². The summed E-state index contributed by atoms with van der Waals surface area (Å²) < 4.78 is 1.74. The molecule has 0 aliphatic heterocycles. The summed E-state index contributed by atoms with van der Waals surface area (Å²) in [7, 11) is 0. The Morgan fingerprint density at radius 1 is 1.41 bits per heavy atom. The Balaban J connectivity index is 1.96. The molecule has 0 atom stereocenters. The lowest BCUT2D eigenvalue weighted by molar-refractivity contribution is 0.696. The summed E-state index contributed by atoms with van der Waals surface area (Å²) in [4.78, 5) is 6.50. The van der Waals surface area contributed by atoms with Crippen LogP contribution in [0.25, 0.3) is 5.65 Å². The number of hydrogen-bond donors (Lipinski definition) is 1. The molecule has 0 radical (unpaired) electrons. The van der Waals surface area contributed by atoms with E-state index in [0.717, 1.165) is 18.8 Å². The molecule has 17 heavy (non-hydrogen) atoms. The molecule has 0 unspecified atom stereocenters. The van der Waals surface area contributed by atoms with Crippen LogP contribution in [0.3, 0.4) is 0 Å². The Labute approximate surface area is 98.6 Å². The van der Waals surface area contributed by atoms with Crippen molar-refractivity contribution in [3.05, 3.63) is 12.4 Å².